The average molecular weight is 415 g/mol. The Kier molecular flexibility index (Phi) is 5.89. The summed E-state index contributed by atoms with van der Waals surface area (Å²) in [7, 11) is 0. The first-order chi connectivity index (χ1) is 15.3. The van der Waals surface area contributed by atoms with Crippen molar-refractivity contribution in [3.63, 3.8) is 0 Å². The number of pyridine rings is 2. The number of anilines is 1. The zero-order valence-corrected chi connectivity index (χ0v) is 18.2. The molecule has 6 heteroatoms. The number of aromatic nitrogens is 4. The van der Waals surface area contributed by atoms with Crippen molar-refractivity contribution in [2.45, 2.75) is 51.6 Å². The van der Waals surface area contributed by atoms with Gasteiger partial charge in [-0.1, -0.05) is 12.1 Å². The molecule has 0 N–H and O–H groups in total. The molecule has 1 saturated heterocycles. The lowest BCUT2D eigenvalue weighted by Gasteiger charge is -2.34. The molecule has 5 rings (SSSR count). The van der Waals surface area contributed by atoms with Crippen molar-refractivity contribution in [2.24, 2.45) is 0 Å². The van der Waals surface area contributed by atoms with Gasteiger partial charge in [-0.3, -0.25) is 14.9 Å². The van der Waals surface area contributed by atoms with Crippen LogP contribution in [0.25, 0.3) is 0 Å². The fourth-order valence-corrected chi connectivity index (χ4v) is 4.86. The van der Waals surface area contributed by atoms with E-state index >= 15 is 0 Å². The third kappa shape index (κ3) is 4.59. The maximum Gasteiger partial charge on any atom is 0.136 e. The minimum Gasteiger partial charge on any atom is -0.350 e. The van der Waals surface area contributed by atoms with Crippen molar-refractivity contribution < 1.29 is 0 Å². The van der Waals surface area contributed by atoms with Crippen molar-refractivity contribution in [1.29, 1.82) is 0 Å². The minimum absolute atomic E-state index is 0.375. The van der Waals surface area contributed by atoms with Gasteiger partial charge in [0, 0.05) is 49.2 Å². The second kappa shape index (κ2) is 9.10. The highest BCUT2D eigenvalue weighted by Gasteiger charge is 2.28. The third-order valence-corrected chi connectivity index (χ3v) is 6.43. The number of aryl methyl sites for hydroxylation is 1. The van der Waals surface area contributed by atoms with Gasteiger partial charge in [0.1, 0.15) is 11.6 Å². The number of nitrogens with zero attached hydrogens (tertiary/aromatic N) is 6. The predicted octanol–water partition coefficient (Wildman–Crippen LogP) is 3.91. The molecule has 0 spiro atoms. The van der Waals surface area contributed by atoms with Crippen LogP contribution < -0.4 is 4.90 Å². The normalized spacial score (nSPS) is 19.3. The van der Waals surface area contributed by atoms with Gasteiger partial charge in [0.15, 0.2) is 0 Å². The maximum atomic E-state index is 5.16. The van der Waals surface area contributed by atoms with E-state index in [9.17, 15) is 0 Å². The molecule has 3 aromatic heterocycles. The molecule has 3 aromatic rings. The first-order valence-electron chi connectivity index (χ1n) is 11.4. The molecule has 1 atom stereocenters. The highest BCUT2D eigenvalue weighted by Crippen LogP contribution is 2.32. The van der Waals surface area contributed by atoms with Gasteiger partial charge in [-0.25, -0.2) is 9.97 Å². The zero-order chi connectivity index (χ0) is 21.0. The van der Waals surface area contributed by atoms with Crippen LogP contribution in [0.5, 0.6) is 0 Å². The summed E-state index contributed by atoms with van der Waals surface area (Å²) in [4.78, 5) is 24.1. The van der Waals surface area contributed by atoms with Crippen LogP contribution in [0.4, 0.5) is 5.82 Å². The van der Waals surface area contributed by atoms with E-state index in [0.717, 1.165) is 80.7 Å². The molecule has 0 unspecified atom stereocenters. The van der Waals surface area contributed by atoms with Crippen molar-refractivity contribution in [3.05, 3.63) is 77.3 Å². The van der Waals surface area contributed by atoms with E-state index in [4.69, 9.17) is 9.97 Å². The van der Waals surface area contributed by atoms with Gasteiger partial charge < -0.3 is 4.90 Å². The second-order valence-electron chi connectivity index (χ2n) is 8.71. The quantitative estimate of drug-likeness (QED) is 0.631. The summed E-state index contributed by atoms with van der Waals surface area (Å²) in [5, 5.41) is 0. The fraction of sp³-hybridized carbons (Fsp3) is 0.440. The van der Waals surface area contributed by atoms with Crippen LogP contribution in [0.15, 0.2) is 48.8 Å². The zero-order valence-electron chi connectivity index (χ0n) is 18.2. The number of hydrogen-bond donors (Lipinski definition) is 0. The summed E-state index contributed by atoms with van der Waals surface area (Å²) in [6, 6.07) is 12.3. The van der Waals surface area contributed by atoms with Gasteiger partial charge in [0.05, 0.1) is 17.9 Å². The van der Waals surface area contributed by atoms with Gasteiger partial charge in [-0.2, -0.15) is 0 Å². The van der Waals surface area contributed by atoms with Crippen LogP contribution in [0, 0.1) is 6.92 Å². The van der Waals surface area contributed by atoms with Crippen LogP contribution in [-0.2, 0) is 19.5 Å². The highest BCUT2D eigenvalue weighted by molar-refractivity contribution is 5.51. The van der Waals surface area contributed by atoms with Crippen molar-refractivity contribution in [3.8, 4) is 0 Å². The SMILES string of the molecule is Cc1nc([C@H]2CCCN(Cc3ccccn3)C2)nc2c1CCCN2Cc1ccccn1. The van der Waals surface area contributed by atoms with Crippen LogP contribution >= 0.6 is 0 Å². The topological polar surface area (TPSA) is 58.0 Å². The summed E-state index contributed by atoms with van der Waals surface area (Å²) in [5.74, 6) is 2.51. The van der Waals surface area contributed by atoms with E-state index in [-0.39, 0.29) is 0 Å². The molecule has 0 aliphatic carbocycles. The molecular weight excluding hydrogens is 384 g/mol. The van der Waals surface area contributed by atoms with Crippen molar-refractivity contribution in [2.75, 3.05) is 24.5 Å². The number of piperidine rings is 1. The molecule has 0 radical (unpaired) electrons. The van der Waals surface area contributed by atoms with Crippen LogP contribution in [0.3, 0.4) is 0 Å². The molecule has 1 fully saturated rings. The van der Waals surface area contributed by atoms with Crippen molar-refractivity contribution in [1.82, 2.24) is 24.8 Å². The lowest BCUT2D eigenvalue weighted by molar-refractivity contribution is 0.194. The third-order valence-electron chi connectivity index (χ3n) is 6.43. The van der Waals surface area contributed by atoms with E-state index in [1.807, 2.05) is 24.5 Å². The van der Waals surface area contributed by atoms with Crippen molar-refractivity contribution >= 4 is 5.82 Å². The molecule has 6 nitrogen and oxygen atoms in total. The minimum atomic E-state index is 0.375. The average Bonchev–Trinajstić information content (AvgIpc) is 2.81. The first kappa shape index (κ1) is 20.1. The molecule has 2 aliphatic rings. The Balaban J connectivity index is 1.37. The first-order valence-corrected chi connectivity index (χ1v) is 11.4. The van der Waals surface area contributed by atoms with Gasteiger partial charge in [-0.05, 0) is 63.4 Å². The molecule has 0 bridgehead atoms. The lowest BCUT2D eigenvalue weighted by atomic mass is 9.96. The molecule has 0 aromatic carbocycles. The molecule has 0 amide bonds. The lowest BCUT2D eigenvalue weighted by Crippen LogP contribution is -2.36. The molecule has 31 heavy (non-hydrogen) atoms. The molecule has 5 heterocycles. The van der Waals surface area contributed by atoms with Gasteiger partial charge in [-0.15, -0.1) is 0 Å². The Morgan fingerprint density at radius 2 is 1.68 bits per heavy atom. The largest absolute Gasteiger partial charge is 0.350 e. The molecule has 160 valence electrons. The van der Waals surface area contributed by atoms with Gasteiger partial charge in [0.25, 0.3) is 0 Å². The molecule has 0 saturated carbocycles. The van der Waals surface area contributed by atoms with Crippen LogP contribution in [0.1, 0.15) is 53.7 Å². The van der Waals surface area contributed by atoms with Crippen LogP contribution in [-0.4, -0.2) is 44.5 Å². The van der Waals surface area contributed by atoms with E-state index in [2.05, 4.69) is 51.0 Å². The summed E-state index contributed by atoms with van der Waals surface area (Å²) >= 11 is 0. The monoisotopic (exact) mass is 414 g/mol. The number of likely N-dealkylation sites (tertiary alicyclic amines) is 1. The number of fused-ring (bicyclic) bond motifs is 1. The molecular formula is C25H30N6. The second-order valence-corrected chi connectivity index (χ2v) is 8.71. The predicted molar refractivity (Wildman–Crippen MR) is 122 cm³/mol. The Morgan fingerprint density at radius 3 is 2.42 bits per heavy atom. The smallest absolute Gasteiger partial charge is 0.136 e. The summed E-state index contributed by atoms with van der Waals surface area (Å²) in [5.41, 5.74) is 4.68. The number of hydrogen-bond acceptors (Lipinski definition) is 6. The Morgan fingerprint density at radius 1 is 0.903 bits per heavy atom. The van der Waals surface area contributed by atoms with E-state index < -0.39 is 0 Å². The van der Waals surface area contributed by atoms with E-state index in [1.165, 1.54) is 12.0 Å². The summed E-state index contributed by atoms with van der Waals surface area (Å²) in [6.07, 6.45) is 8.28. The Labute approximate surface area is 184 Å². The Bertz CT molecular complexity index is 1010. The van der Waals surface area contributed by atoms with Crippen LogP contribution in [0.2, 0.25) is 0 Å². The summed E-state index contributed by atoms with van der Waals surface area (Å²) < 4.78 is 0. The Hall–Kier alpha value is -2.86. The van der Waals surface area contributed by atoms with E-state index in [0.29, 0.717) is 5.92 Å². The molecule has 2 aliphatic heterocycles. The van der Waals surface area contributed by atoms with Gasteiger partial charge in [0.2, 0.25) is 0 Å². The van der Waals surface area contributed by atoms with E-state index in [1.54, 1.807) is 0 Å². The maximum absolute atomic E-state index is 5.16. The van der Waals surface area contributed by atoms with Gasteiger partial charge >= 0.3 is 0 Å². The summed E-state index contributed by atoms with van der Waals surface area (Å²) in [6.45, 7) is 6.99. The standard InChI is InChI=1S/C25H30N6/c1-19-23-11-7-15-31(18-22-10-3-5-13-27-22)25(23)29-24(28-19)20-8-6-14-30(16-20)17-21-9-2-4-12-26-21/h2-5,9-10,12-13,20H,6-8,11,14-18H2,1H3/t20-/m0/s1. The highest BCUT2D eigenvalue weighted by atomic mass is 15.2. The fourth-order valence-electron chi connectivity index (χ4n) is 4.86. The number of rotatable bonds is 5.